The monoisotopic (exact) mass is 301 g/mol. The Bertz CT molecular complexity index is 639. The van der Waals surface area contributed by atoms with E-state index in [0.29, 0.717) is 0 Å². The fraction of sp³-hybridized carbons (Fsp3) is 0.312. The molecule has 21 heavy (non-hydrogen) atoms. The van der Waals surface area contributed by atoms with Crippen molar-refractivity contribution >= 4 is 28.6 Å². The van der Waals surface area contributed by atoms with Crippen LogP contribution in [0.4, 0.5) is 11.4 Å². The summed E-state index contributed by atoms with van der Waals surface area (Å²) in [7, 11) is 1.81. The van der Waals surface area contributed by atoms with Gasteiger partial charge in [-0.2, -0.15) is 0 Å². The van der Waals surface area contributed by atoms with Crippen LogP contribution < -0.4 is 15.5 Å². The molecule has 1 amide bonds. The molecular weight excluding hydrogens is 282 g/mol. The lowest BCUT2D eigenvalue weighted by Crippen LogP contribution is -2.23. The number of anilines is 2. The minimum absolute atomic E-state index is 0.0194. The molecule has 1 unspecified atom stereocenters. The maximum Gasteiger partial charge on any atom is 0.246 e. The molecule has 4 nitrogen and oxygen atoms in total. The van der Waals surface area contributed by atoms with Crippen molar-refractivity contribution in [3.05, 3.63) is 46.2 Å². The molecule has 1 aliphatic heterocycles. The van der Waals surface area contributed by atoms with Crippen LogP contribution in [0.25, 0.3) is 0 Å². The van der Waals surface area contributed by atoms with Gasteiger partial charge in [-0.25, -0.2) is 0 Å². The van der Waals surface area contributed by atoms with Gasteiger partial charge in [0, 0.05) is 28.4 Å². The smallest absolute Gasteiger partial charge is 0.246 e. The van der Waals surface area contributed by atoms with Crippen LogP contribution in [0.1, 0.15) is 23.4 Å². The lowest BCUT2D eigenvalue weighted by molar-refractivity contribution is -0.117. The van der Waals surface area contributed by atoms with Crippen molar-refractivity contribution in [1.29, 1.82) is 0 Å². The summed E-state index contributed by atoms with van der Waals surface area (Å²) in [4.78, 5) is 15.5. The van der Waals surface area contributed by atoms with E-state index in [9.17, 15) is 4.79 Å². The van der Waals surface area contributed by atoms with E-state index in [2.05, 4.69) is 52.1 Å². The summed E-state index contributed by atoms with van der Waals surface area (Å²) in [5, 5.41) is 8.10. The number of nitrogens with zero attached hydrogens (tertiary/aromatic N) is 1. The fourth-order valence-electron chi connectivity index (χ4n) is 2.71. The van der Waals surface area contributed by atoms with E-state index in [1.165, 1.54) is 4.88 Å². The van der Waals surface area contributed by atoms with Crippen LogP contribution in [0.2, 0.25) is 0 Å². The highest BCUT2D eigenvalue weighted by Crippen LogP contribution is 2.34. The van der Waals surface area contributed by atoms with Crippen molar-refractivity contribution in [1.82, 2.24) is 5.32 Å². The molecule has 1 atom stereocenters. The summed E-state index contributed by atoms with van der Waals surface area (Å²) in [6.45, 7) is 3.98. The molecule has 5 heteroatoms. The number of hydrogen-bond acceptors (Lipinski definition) is 4. The van der Waals surface area contributed by atoms with Crippen molar-refractivity contribution in [2.75, 3.05) is 23.8 Å². The second kappa shape index (κ2) is 5.87. The summed E-state index contributed by atoms with van der Waals surface area (Å²) in [6, 6.07) is 10.2. The van der Waals surface area contributed by atoms with Crippen molar-refractivity contribution in [3.8, 4) is 0 Å². The number of hydrogen-bond donors (Lipinski definition) is 2. The summed E-state index contributed by atoms with van der Waals surface area (Å²) in [5.74, 6) is 0.0194. The van der Waals surface area contributed by atoms with Crippen LogP contribution >= 0.6 is 11.3 Å². The minimum atomic E-state index is -0.235. The molecule has 1 aromatic heterocycles. The molecule has 0 aliphatic carbocycles. The van der Waals surface area contributed by atoms with Crippen molar-refractivity contribution in [2.24, 2.45) is 0 Å². The molecular formula is C16H19N3OS. The second-order valence-corrected chi connectivity index (χ2v) is 6.11. The molecule has 0 radical (unpaired) electrons. The molecule has 0 bridgehead atoms. The molecule has 0 fully saturated rings. The Kier molecular flexibility index (Phi) is 3.94. The predicted molar refractivity (Wildman–Crippen MR) is 87.9 cm³/mol. The number of fused-ring (bicyclic) bond motifs is 1. The molecule has 0 spiro atoms. The van der Waals surface area contributed by atoms with Crippen LogP contribution in [-0.2, 0) is 11.3 Å². The standard InChI is InChI=1S/C16H19N3OS/c1-3-19(10-12-5-4-8-21-12)11-6-7-13-14(9-11)18-16(20)15(13)17-2/h4-9,15,17H,3,10H2,1-2H3,(H,18,20). The van der Waals surface area contributed by atoms with Gasteiger partial charge in [0.25, 0.3) is 0 Å². The Morgan fingerprint density at radius 1 is 1.38 bits per heavy atom. The molecule has 1 aliphatic rings. The molecule has 2 heterocycles. The highest BCUT2D eigenvalue weighted by molar-refractivity contribution is 7.09. The number of likely N-dealkylation sites (N-methyl/N-ethyl adjacent to an activating group) is 1. The second-order valence-electron chi connectivity index (χ2n) is 5.08. The number of carbonyl (C=O) groups is 1. The maximum atomic E-state index is 11.9. The number of benzene rings is 1. The van der Waals surface area contributed by atoms with Gasteiger partial charge in [-0.15, -0.1) is 11.3 Å². The quantitative estimate of drug-likeness (QED) is 0.892. The van der Waals surface area contributed by atoms with Gasteiger partial charge in [0.05, 0.1) is 6.54 Å². The van der Waals surface area contributed by atoms with E-state index in [4.69, 9.17) is 0 Å². The largest absolute Gasteiger partial charge is 0.367 e. The van der Waals surface area contributed by atoms with Gasteiger partial charge in [-0.3, -0.25) is 4.79 Å². The lowest BCUT2D eigenvalue weighted by atomic mass is 10.1. The van der Waals surface area contributed by atoms with Gasteiger partial charge < -0.3 is 15.5 Å². The van der Waals surface area contributed by atoms with Gasteiger partial charge >= 0.3 is 0 Å². The van der Waals surface area contributed by atoms with E-state index in [1.54, 1.807) is 11.3 Å². The Morgan fingerprint density at radius 3 is 2.90 bits per heavy atom. The van der Waals surface area contributed by atoms with Crippen LogP contribution in [0.5, 0.6) is 0 Å². The average Bonchev–Trinajstić information content (AvgIpc) is 3.10. The first-order chi connectivity index (χ1) is 10.2. The number of nitrogens with one attached hydrogen (secondary N) is 2. The van der Waals surface area contributed by atoms with Crippen molar-refractivity contribution in [3.63, 3.8) is 0 Å². The number of amides is 1. The number of carbonyl (C=O) groups excluding carboxylic acids is 1. The van der Waals surface area contributed by atoms with E-state index in [-0.39, 0.29) is 11.9 Å². The third-order valence-corrected chi connectivity index (χ3v) is 4.69. The maximum absolute atomic E-state index is 11.9. The molecule has 1 aromatic carbocycles. The molecule has 110 valence electrons. The molecule has 2 aromatic rings. The van der Waals surface area contributed by atoms with Crippen molar-refractivity contribution in [2.45, 2.75) is 19.5 Å². The zero-order chi connectivity index (χ0) is 14.8. The van der Waals surface area contributed by atoms with Gasteiger partial charge in [0.1, 0.15) is 6.04 Å². The molecule has 2 N–H and O–H groups in total. The predicted octanol–water partition coefficient (Wildman–Crippen LogP) is 2.99. The van der Waals surface area contributed by atoms with E-state index in [1.807, 2.05) is 13.1 Å². The first kappa shape index (κ1) is 14.1. The summed E-state index contributed by atoms with van der Waals surface area (Å²) in [6.07, 6.45) is 0. The van der Waals surface area contributed by atoms with Crippen LogP contribution in [-0.4, -0.2) is 19.5 Å². The highest BCUT2D eigenvalue weighted by atomic mass is 32.1. The first-order valence-electron chi connectivity index (χ1n) is 7.12. The van der Waals surface area contributed by atoms with Crippen LogP contribution in [0.15, 0.2) is 35.7 Å². The summed E-state index contributed by atoms with van der Waals surface area (Å²) < 4.78 is 0. The molecule has 0 saturated heterocycles. The summed E-state index contributed by atoms with van der Waals surface area (Å²) in [5.41, 5.74) is 3.08. The Hall–Kier alpha value is -1.85. The lowest BCUT2D eigenvalue weighted by Gasteiger charge is -2.23. The number of rotatable bonds is 5. The van der Waals surface area contributed by atoms with Gasteiger partial charge in [0.2, 0.25) is 5.91 Å². The third kappa shape index (κ3) is 2.66. The van der Waals surface area contributed by atoms with E-state index >= 15 is 0 Å². The topological polar surface area (TPSA) is 44.4 Å². The average molecular weight is 301 g/mol. The highest BCUT2D eigenvalue weighted by Gasteiger charge is 2.29. The third-order valence-electron chi connectivity index (χ3n) is 3.83. The zero-order valence-electron chi connectivity index (χ0n) is 12.2. The zero-order valence-corrected chi connectivity index (χ0v) is 13.0. The fourth-order valence-corrected chi connectivity index (χ4v) is 3.43. The summed E-state index contributed by atoms with van der Waals surface area (Å²) >= 11 is 1.77. The van der Waals surface area contributed by atoms with Gasteiger partial charge in [-0.1, -0.05) is 12.1 Å². The van der Waals surface area contributed by atoms with Crippen molar-refractivity contribution < 1.29 is 4.79 Å². The molecule has 3 rings (SSSR count). The van der Waals surface area contributed by atoms with E-state index < -0.39 is 0 Å². The minimum Gasteiger partial charge on any atom is -0.367 e. The van der Waals surface area contributed by atoms with E-state index in [0.717, 1.165) is 30.0 Å². The van der Waals surface area contributed by atoms with Gasteiger partial charge in [-0.05, 0) is 37.6 Å². The molecule has 0 saturated carbocycles. The first-order valence-corrected chi connectivity index (χ1v) is 8.00. The SMILES string of the molecule is CCN(Cc1cccs1)c1ccc2c(c1)NC(=O)C2NC. The Morgan fingerprint density at radius 2 is 2.24 bits per heavy atom. The Labute approximate surface area is 128 Å². The number of thiophene rings is 1. The Balaban J connectivity index is 1.86. The van der Waals surface area contributed by atoms with Crippen LogP contribution in [0, 0.1) is 0 Å². The normalized spacial score (nSPS) is 16.7. The van der Waals surface area contributed by atoms with Gasteiger partial charge in [0.15, 0.2) is 0 Å². The van der Waals surface area contributed by atoms with Crippen LogP contribution in [0.3, 0.4) is 0 Å².